The molecule has 7 heteroatoms. The van der Waals surface area contributed by atoms with Crippen LogP contribution in [0.3, 0.4) is 0 Å². The van der Waals surface area contributed by atoms with E-state index in [1.807, 2.05) is 30.3 Å². The van der Waals surface area contributed by atoms with Gasteiger partial charge in [0.2, 0.25) is 11.8 Å². The van der Waals surface area contributed by atoms with E-state index in [-0.39, 0.29) is 29.9 Å². The van der Waals surface area contributed by atoms with E-state index in [9.17, 15) is 14.0 Å². The highest BCUT2D eigenvalue weighted by Gasteiger charge is 2.39. The van der Waals surface area contributed by atoms with E-state index in [1.165, 1.54) is 15.9 Å². The lowest BCUT2D eigenvalue weighted by Gasteiger charge is -2.26. The third-order valence-corrected chi connectivity index (χ3v) is 4.75. The van der Waals surface area contributed by atoms with Gasteiger partial charge >= 0.3 is 0 Å². The number of halogens is 2. The SMILES string of the molecule is CN(C(=O)[C@@H](N)Cc1ccccc1)C1CCN(c2ccccc2F)C1=O.Cl. The van der Waals surface area contributed by atoms with Gasteiger partial charge in [-0.15, -0.1) is 12.4 Å². The summed E-state index contributed by atoms with van der Waals surface area (Å²) in [6.07, 6.45) is 0.857. The maximum atomic E-state index is 14.0. The lowest BCUT2D eigenvalue weighted by molar-refractivity contribution is -0.137. The first-order valence-electron chi connectivity index (χ1n) is 8.61. The van der Waals surface area contributed by atoms with Gasteiger partial charge in [0.05, 0.1) is 11.7 Å². The van der Waals surface area contributed by atoms with Crippen LogP contribution in [0.4, 0.5) is 10.1 Å². The topological polar surface area (TPSA) is 66.6 Å². The maximum Gasteiger partial charge on any atom is 0.249 e. The van der Waals surface area contributed by atoms with Crippen molar-refractivity contribution in [1.29, 1.82) is 0 Å². The van der Waals surface area contributed by atoms with E-state index in [0.717, 1.165) is 5.56 Å². The number of amides is 2. The summed E-state index contributed by atoms with van der Waals surface area (Å²) in [6, 6.07) is 14.3. The predicted octanol–water partition coefficient (Wildman–Crippen LogP) is 2.38. The number of carbonyl (C=O) groups is 2. The average Bonchev–Trinajstić information content (AvgIpc) is 3.03. The number of carbonyl (C=O) groups excluding carboxylic acids is 2. The van der Waals surface area contributed by atoms with Crippen LogP contribution in [0.1, 0.15) is 12.0 Å². The molecule has 2 aromatic carbocycles. The Hall–Kier alpha value is -2.44. The molecular weight excluding hydrogens is 369 g/mol. The second-order valence-corrected chi connectivity index (χ2v) is 6.49. The first-order valence-corrected chi connectivity index (χ1v) is 8.61. The molecule has 0 aromatic heterocycles. The number of nitrogens with two attached hydrogens (primary N) is 1. The number of hydrogen-bond donors (Lipinski definition) is 1. The number of rotatable bonds is 5. The number of benzene rings is 2. The van der Waals surface area contributed by atoms with Crippen molar-refractivity contribution >= 4 is 29.9 Å². The molecule has 144 valence electrons. The van der Waals surface area contributed by atoms with Crippen molar-refractivity contribution in [3.8, 4) is 0 Å². The number of likely N-dealkylation sites (N-methyl/N-ethyl adjacent to an activating group) is 1. The molecule has 2 atom stereocenters. The summed E-state index contributed by atoms with van der Waals surface area (Å²) in [5.41, 5.74) is 7.27. The molecule has 2 N–H and O–H groups in total. The molecule has 0 bridgehead atoms. The van der Waals surface area contributed by atoms with Gasteiger partial charge in [-0.1, -0.05) is 42.5 Å². The van der Waals surface area contributed by atoms with Crippen molar-refractivity contribution < 1.29 is 14.0 Å². The van der Waals surface area contributed by atoms with E-state index in [2.05, 4.69) is 0 Å². The van der Waals surface area contributed by atoms with Gasteiger partial charge in [-0.2, -0.15) is 0 Å². The molecular formula is C20H23ClFN3O2. The molecule has 27 heavy (non-hydrogen) atoms. The van der Waals surface area contributed by atoms with Crippen LogP contribution in [-0.2, 0) is 16.0 Å². The van der Waals surface area contributed by atoms with E-state index in [1.54, 1.807) is 25.2 Å². The Labute approximate surface area is 164 Å². The van der Waals surface area contributed by atoms with Crippen molar-refractivity contribution in [2.45, 2.75) is 24.9 Å². The van der Waals surface area contributed by atoms with Crippen LogP contribution >= 0.6 is 12.4 Å². The fourth-order valence-corrected chi connectivity index (χ4v) is 3.30. The Morgan fingerprint density at radius 1 is 1.22 bits per heavy atom. The summed E-state index contributed by atoms with van der Waals surface area (Å²) < 4.78 is 14.0. The van der Waals surface area contributed by atoms with Crippen molar-refractivity contribution in [3.05, 3.63) is 66.0 Å². The van der Waals surface area contributed by atoms with Crippen LogP contribution in [0.2, 0.25) is 0 Å². The summed E-state index contributed by atoms with van der Waals surface area (Å²) in [6.45, 7) is 0.371. The van der Waals surface area contributed by atoms with Gasteiger partial charge in [0.15, 0.2) is 0 Å². The van der Waals surface area contributed by atoms with Crippen LogP contribution in [-0.4, -0.2) is 42.4 Å². The van der Waals surface area contributed by atoms with Crippen LogP contribution in [0.15, 0.2) is 54.6 Å². The maximum absolute atomic E-state index is 14.0. The van der Waals surface area contributed by atoms with Gasteiger partial charge in [-0.05, 0) is 30.5 Å². The molecule has 0 aliphatic carbocycles. The molecule has 1 fully saturated rings. The smallest absolute Gasteiger partial charge is 0.249 e. The van der Waals surface area contributed by atoms with Crippen molar-refractivity contribution in [3.63, 3.8) is 0 Å². The van der Waals surface area contributed by atoms with Gasteiger partial charge < -0.3 is 15.5 Å². The first kappa shape index (κ1) is 20.9. The third kappa shape index (κ3) is 4.46. The Morgan fingerprint density at radius 2 is 1.85 bits per heavy atom. The lowest BCUT2D eigenvalue weighted by atomic mass is 10.0. The zero-order valence-corrected chi connectivity index (χ0v) is 15.9. The second kappa shape index (κ2) is 8.97. The Kier molecular flexibility index (Phi) is 6.93. The molecule has 0 spiro atoms. The molecule has 2 amide bonds. The highest BCUT2D eigenvalue weighted by molar-refractivity contribution is 6.01. The van der Waals surface area contributed by atoms with Crippen LogP contribution in [0.25, 0.3) is 0 Å². The Bertz CT molecular complexity index is 803. The summed E-state index contributed by atoms with van der Waals surface area (Å²) in [4.78, 5) is 28.2. The fraction of sp³-hybridized carbons (Fsp3) is 0.300. The normalized spacial score (nSPS) is 17.4. The summed E-state index contributed by atoms with van der Waals surface area (Å²) in [5.74, 6) is -1.02. The standard InChI is InChI=1S/C20H22FN3O2.ClH/c1-23(19(25)16(22)13-14-7-3-2-4-8-14)18-11-12-24(20(18)26)17-10-6-5-9-15(17)21;/h2-10,16,18H,11-13,22H2,1H3;1H/t16-,18?;/m0./s1. The molecule has 1 saturated heterocycles. The molecule has 5 nitrogen and oxygen atoms in total. The quantitative estimate of drug-likeness (QED) is 0.851. The second-order valence-electron chi connectivity index (χ2n) is 6.49. The Balaban J connectivity index is 0.00000261. The van der Waals surface area contributed by atoms with Gasteiger partial charge in [0.1, 0.15) is 11.9 Å². The third-order valence-electron chi connectivity index (χ3n) is 4.75. The zero-order chi connectivity index (χ0) is 18.7. The van der Waals surface area contributed by atoms with Crippen LogP contribution in [0.5, 0.6) is 0 Å². The minimum Gasteiger partial charge on any atom is -0.332 e. The van der Waals surface area contributed by atoms with Crippen LogP contribution in [0, 0.1) is 5.82 Å². The monoisotopic (exact) mass is 391 g/mol. The van der Waals surface area contributed by atoms with E-state index in [4.69, 9.17) is 5.73 Å². The first-order chi connectivity index (χ1) is 12.5. The molecule has 0 radical (unpaired) electrons. The van der Waals surface area contributed by atoms with Gasteiger partial charge in [-0.3, -0.25) is 9.59 Å². The van der Waals surface area contributed by atoms with Gasteiger partial charge in [-0.25, -0.2) is 4.39 Å². The van der Waals surface area contributed by atoms with E-state index >= 15 is 0 Å². The minimum absolute atomic E-state index is 0. The lowest BCUT2D eigenvalue weighted by Crippen LogP contribution is -2.50. The van der Waals surface area contributed by atoms with Gasteiger partial charge in [0.25, 0.3) is 0 Å². The predicted molar refractivity (Wildman–Crippen MR) is 105 cm³/mol. The minimum atomic E-state index is -0.724. The molecule has 1 aliphatic rings. The zero-order valence-electron chi connectivity index (χ0n) is 15.0. The Morgan fingerprint density at radius 3 is 2.52 bits per heavy atom. The molecule has 2 aromatic rings. The summed E-state index contributed by atoms with van der Waals surface area (Å²) in [7, 11) is 1.58. The number of anilines is 1. The number of nitrogens with zero attached hydrogens (tertiary/aromatic N) is 2. The molecule has 1 aliphatic heterocycles. The van der Waals surface area contributed by atoms with E-state index < -0.39 is 17.9 Å². The summed E-state index contributed by atoms with van der Waals surface area (Å²) in [5, 5.41) is 0. The van der Waals surface area contributed by atoms with Crippen molar-refractivity contribution in [2.24, 2.45) is 5.73 Å². The summed E-state index contributed by atoms with van der Waals surface area (Å²) >= 11 is 0. The number of hydrogen-bond acceptors (Lipinski definition) is 3. The van der Waals surface area contributed by atoms with E-state index in [0.29, 0.717) is 19.4 Å². The highest BCUT2D eigenvalue weighted by Crippen LogP contribution is 2.26. The van der Waals surface area contributed by atoms with Crippen molar-refractivity contribution in [1.82, 2.24) is 4.90 Å². The highest BCUT2D eigenvalue weighted by atomic mass is 35.5. The molecule has 1 unspecified atom stereocenters. The number of para-hydroxylation sites is 1. The fourth-order valence-electron chi connectivity index (χ4n) is 3.30. The molecule has 3 rings (SSSR count). The van der Waals surface area contributed by atoms with Gasteiger partial charge in [0, 0.05) is 13.6 Å². The molecule has 0 saturated carbocycles. The largest absolute Gasteiger partial charge is 0.332 e. The molecule has 1 heterocycles. The van der Waals surface area contributed by atoms with Crippen LogP contribution < -0.4 is 10.6 Å². The average molecular weight is 392 g/mol. The van der Waals surface area contributed by atoms with Crippen molar-refractivity contribution in [2.75, 3.05) is 18.5 Å².